The summed E-state index contributed by atoms with van der Waals surface area (Å²) in [5.41, 5.74) is 0.939. The maximum atomic E-state index is 6.29. The van der Waals surface area contributed by atoms with Crippen molar-refractivity contribution in [2.75, 3.05) is 6.54 Å². The Morgan fingerprint density at radius 1 is 1.42 bits per heavy atom. The monoisotopic (exact) mass is 282 g/mol. The molecular formula is C12H19ClN6. The first-order chi connectivity index (χ1) is 9.27. The highest BCUT2D eigenvalue weighted by Crippen LogP contribution is 2.26. The van der Waals surface area contributed by atoms with Crippen LogP contribution in [-0.4, -0.2) is 31.5 Å². The third kappa shape index (κ3) is 3.13. The van der Waals surface area contributed by atoms with Crippen molar-refractivity contribution in [3.63, 3.8) is 0 Å². The molecule has 104 valence electrons. The van der Waals surface area contributed by atoms with E-state index in [0.717, 1.165) is 37.4 Å². The quantitative estimate of drug-likeness (QED) is 0.816. The van der Waals surface area contributed by atoms with E-state index in [9.17, 15) is 0 Å². The van der Waals surface area contributed by atoms with Crippen LogP contribution in [0.3, 0.4) is 0 Å². The predicted molar refractivity (Wildman–Crippen MR) is 74.0 cm³/mol. The van der Waals surface area contributed by atoms with Gasteiger partial charge in [-0.2, -0.15) is 10.2 Å². The van der Waals surface area contributed by atoms with Gasteiger partial charge in [0, 0.05) is 6.54 Å². The van der Waals surface area contributed by atoms with Crippen molar-refractivity contribution < 1.29 is 0 Å². The van der Waals surface area contributed by atoms with Gasteiger partial charge in [0.1, 0.15) is 18.2 Å². The third-order valence-electron chi connectivity index (χ3n) is 2.85. The van der Waals surface area contributed by atoms with E-state index in [2.05, 4.69) is 39.4 Å². The zero-order chi connectivity index (χ0) is 13.7. The van der Waals surface area contributed by atoms with Gasteiger partial charge >= 0.3 is 0 Å². The van der Waals surface area contributed by atoms with Crippen LogP contribution in [0.25, 0.3) is 0 Å². The molecule has 0 bridgehead atoms. The van der Waals surface area contributed by atoms with Crippen LogP contribution in [-0.2, 0) is 6.54 Å². The fourth-order valence-electron chi connectivity index (χ4n) is 2.01. The molecule has 2 aromatic rings. The van der Waals surface area contributed by atoms with Gasteiger partial charge in [0.05, 0.1) is 16.9 Å². The van der Waals surface area contributed by atoms with E-state index < -0.39 is 0 Å². The summed E-state index contributed by atoms with van der Waals surface area (Å²) in [6.07, 6.45) is 5.22. The number of nitrogens with zero attached hydrogens (tertiary/aromatic N) is 4. The highest BCUT2D eigenvalue weighted by molar-refractivity contribution is 6.31. The molecular weight excluding hydrogens is 264 g/mol. The molecule has 7 heteroatoms. The van der Waals surface area contributed by atoms with Crippen LogP contribution in [0.5, 0.6) is 0 Å². The lowest BCUT2D eigenvalue weighted by atomic mass is 10.2. The van der Waals surface area contributed by atoms with Crippen LogP contribution in [0, 0.1) is 0 Å². The zero-order valence-corrected chi connectivity index (χ0v) is 12.0. The van der Waals surface area contributed by atoms with Crippen molar-refractivity contribution in [1.29, 1.82) is 0 Å². The van der Waals surface area contributed by atoms with Gasteiger partial charge in [-0.05, 0) is 19.4 Å². The molecule has 0 saturated heterocycles. The SMILES string of the molecule is CCCNC(c1ncn[nH]1)c1c(Cl)cnn1CCC. The number of aromatic amines is 1. The molecule has 6 nitrogen and oxygen atoms in total. The molecule has 19 heavy (non-hydrogen) atoms. The van der Waals surface area contributed by atoms with Gasteiger partial charge in [0.2, 0.25) is 0 Å². The molecule has 2 N–H and O–H groups in total. The van der Waals surface area contributed by atoms with E-state index >= 15 is 0 Å². The van der Waals surface area contributed by atoms with Crippen molar-refractivity contribution >= 4 is 11.6 Å². The first-order valence-corrected chi connectivity index (χ1v) is 6.95. The largest absolute Gasteiger partial charge is 0.302 e. The smallest absolute Gasteiger partial charge is 0.147 e. The Bertz CT molecular complexity index is 492. The van der Waals surface area contributed by atoms with Gasteiger partial charge in [-0.25, -0.2) is 4.98 Å². The normalized spacial score (nSPS) is 12.8. The van der Waals surface area contributed by atoms with Gasteiger partial charge in [-0.3, -0.25) is 9.78 Å². The second-order valence-corrected chi connectivity index (χ2v) is 4.77. The molecule has 0 radical (unpaired) electrons. The fraction of sp³-hybridized carbons (Fsp3) is 0.583. The van der Waals surface area contributed by atoms with Crippen molar-refractivity contribution in [2.45, 2.75) is 39.3 Å². The average molecular weight is 283 g/mol. The Hall–Kier alpha value is -1.40. The standard InChI is InChI=1S/C12H19ClN6/c1-3-5-14-10(12-15-8-16-18-12)11-9(13)7-17-19(11)6-4-2/h7-8,10,14H,3-6H2,1-2H3,(H,15,16,18). The lowest BCUT2D eigenvalue weighted by Gasteiger charge is -2.18. The third-order valence-corrected chi connectivity index (χ3v) is 3.14. The van der Waals surface area contributed by atoms with Gasteiger partial charge in [0.15, 0.2) is 0 Å². The van der Waals surface area contributed by atoms with Crippen molar-refractivity contribution in [1.82, 2.24) is 30.3 Å². The van der Waals surface area contributed by atoms with Gasteiger partial charge in [-0.15, -0.1) is 0 Å². The summed E-state index contributed by atoms with van der Waals surface area (Å²) in [5.74, 6) is 0.758. The van der Waals surface area contributed by atoms with E-state index in [4.69, 9.17) is 11.6 Å². The molecule has 0 aliphatic rings. The summed E-state index contributed by atoms with van der Waals surface area (Å²) < 4.78 is 1.93. The molecule has 1 atom stereocenters. The highest BCUT2D eigenvalue weighted by atomic mass is 35.5. The molecule has 2 aromatic heterocycles. The number of hydrogen-bond donors (Lipinski definition) is 2. The van der Waals surface area contributed by atoms with E-state index in [-0.39, 0.29) is 6.04 Å². The molecule has 2 heterocycles. The molecule has 0 aliphatic heterocycles. The number of H-pyrrole nitrogens is 1. The molecule has 0 fully saturated rings. The van der Waals surface area contributed by atoms with Gasteiger partial charge in [-0.1, -0.05) is 25.4 Å². The second-order valence-electron chi connectivity index (χ2n) is 4.36. The second kappa shape index (κ2) is 6.68. The minimum atomic E-state index is -0.107. The van der Waals surface area contributed by atoms with Crippen LogP contribution in [0.15, 0.2) is 12.5 Å². The maximum Gasteiger partial charge on any atom is 0.147 e. The zero-order valence-electron chi connectivity index (χ0n) is 11.2. The molecule has 0 aliphatic carbocycles. The summed E-state index contributed by atoms with van der Waals surface area (Å²) >= 11 is 6.29. The summed E-state index contributed by atoms with van der Waals surface area (Å²) in [6, 6.07) is -0.107. The number of hydrogen-bond acceptors (Lipinski definition) is 4. The lowest BCUT2D eigenvalue weighted by Crippen LogP contribution is -2.27. The highest BCUT2D eigenvalue weighted by Gasteiger charge is 2.23. The Balaban J connectivity index is 2.34. The van der Waals surface area contributed by atoms with Crippen LogP contribution in [0.1, 0.15) is 44.2 Å². The predicted octanol–water partition coefficient (Wildman–Crippen LogP) is 2.15. The molecule has 0 amide bonds. The van der Waals surface area contributed by atoms with E-state index in [1.54, 1.807) is 6.20 Å². The topological polar surface area (TPSA) is 71.4 Å². The number of halogens is 1. The summed E-state index contributed by atoms with van der Waals surface area (Å²) in [7, 11) is 0. The molecule has 2 rings (SSSR count). The summed E-state index contributed by atoms with van der Waals surface area (Å²) in [5, 5.41) is 15.2. The van der Waals surface area contributed by atoms with Crippen molar-refractivity contribution in [2.24, 2.45) is 0 Å². The minimum absolute atomic E-state index is 0.107. The molecule has 0 aromatic carbocycles. The number of aromatic nitrogens is 5. The fourth-order valence-corrected chi connectivity index (χ4v) is 2.26. The van der Waals surface area contributed by atoms with Crippen molar-refractivity contribution in [3.8, 4) is 0 Å². The Morgan fingerprint density at radius 3 is 2.89 bits per heavy atom. The number of nitrogens with one attached hydrogen (secondary N) is 2. The van der Waals surface area contributed by atoms with E-state index in [1.807, 2.05) is 4.68 Å². The van der Waals surface area contributed by atoms with Gasteiger partial charge in [0.25, 0.3) is 0 Å². The van der Waals surface area contributed by atoms with Crippen LogP contribution >= 0.6 is 11.6 Å². The first kappa shape index (κ1) is 14.0. The molecule has 0 spiro atoms. The van der Waals surface area contributed by atoms with Gasteiger partial charge < -0.3 is 5.32 Å². The van der Waals surface area contributed by atoms with Crippen molar-refractivity contribution in [3.05, 3.63) is 29.1 Å². The summed E-state index contributed by atoms with van der Waals surface area (Å²) in [6.45, 7) is 5.94. The minimum Gasteiger partial charge on any atom is -0.302 e. The van der Waals surface area contributed by atoms with Crippen LogP contribution < -0.4 is 5.32 Å². The Kier molecular flexibility index (Phi) is 4.93. The van der Waals surface area contributed by atoms with Crippen LogP contribution in [0.4, 0.5) is 0 Å². The molecule has 0 saturated carbocycles. The first-order valence-electron chi connectivity index (χ1n) is 6.57. The Morgan fingerprint density at radius 2 is 2.26 bits per heavy atom. The van der Waals surface area contributed by atoms with E-state index in [1.165, 1.54) is 6.33 Å². The molecule has 1 unspecified atom stereocenters. The average Bonchev–Trinajstić information content (AvgIpc) is 3.03. The number of rotatable bonds is 7. The lowest BCUT2D eigenvalue weighted by molar-refractivity contribution is 0.499. The number of aryl methyl sites for hydroxylation is 1. The Labute approximate surface area is 117 Å². The maximum absolute atomic E-state index is 6.29. The van der Waals surface area contributed by atoms with E-state index in [0.29, 0.717) is 5.02 Å². The van der Waals surface area contributed by atoms with Crippen LogP contribution in [0.2, 0.25) is 5.02 Å². The summed E-state index contributed by atoms with van der Waals surface area (Å²) in [4.78, 5) is 4.24.